The van der Waals surface area contributed by atoms with Crippen LogP contribution in [0.2, 0.25) is 0 Å². The normalized spacial score (nSPS) is 13.9. The number of carbonyl (C=O) groups excluding carboxylic acids is 2. The molecule has 2 aliphatic rings. The Morgan fingerprint density at radius 1 is 0.472 bits per heavy atom. The number of amides is 2. The number of ether oxygens (including phenoxy) is 2. The zero-order valence-electron chi connectivity index (χ0n) is 39.6. The fraction of sp³-hybridized carbons (Fsp3) is 0.186. The molecular formula is C59H52N6O6S. The van der Waals surface area contributed by atoms with Gasteiger partial charge in [0.2, 0.25) is 0 Å². The molecule has 72 heavy (non-hydrogen) atoms. The number of piperazine rings is 2. The topological polar surface area (TPSA) is 118 Å². The van der Waals surface area contributed by atoms with E-state index in [1.54, 1.807) is 21.6 Å². The summed E-state index contributed by atoms with van der Waals surface area (Å²) in [7, 11) is 0. The lowest BCUT2D eigenvalue weighted by molar-refractivity contribution is 0.0932. The van der Waals surface area contributed by atoms with Crippen LogP contribution < -0.4 is 9.80 Å². The monoisotopic (exact) mass is 972 g/mol. The third-order valence-electron chi connectivity index (χ3n) is 13.1. The Balaban J connectivity index is 0.000000156. The van der Waals surface area contributed by atoms with Gasteiger partial charge >= 0.3 is 12.2 Å². The summed E-state index contributed by atoms with van der Waals surface area (Å²) in [5.41, 5.74) is 7.68. The van der Waals surface area contributed by atoms with Gasteiger partial charge in [-0.15, -0.1) is 0 Å². The van der Waals surface area contributed by atoms with Crippen LogP contribution in [0.5, 0.6) is 0 Å². The van der Waals surface area contributed by atoms with Gasteiger partial charge in [0.1, 0.15) is 24.2 Å². The molecule has 13 heteroatoms. The molecule has 2 saturated heterocycles. The average molecular weight is 973 g/mol. The number of carbonyl (C=O) groups is 2. The van der Waals surface area contributed by atoms with E-state index in [0.29, 0.717) is 64.4 Å². The van der Waals surface area contributed by atoms with Gasteiger partial charge in [0.05, 0.1) is 0 Å². The molecule has 360 valence electrons. The molecule has 2 aliphatic heterocycles. The van der Waals surface area contributed by atoms with Crippen molar-refractivity contribution in [3.05, 3.63) is 204 Å². The molecule has 2 aromatic heterocycles. The van der Waals surface area contributed by atoms with Gasteiger partial charge < -0.3 is 37.9 Å². The van der Waals surface area contributed by atoms with Gasteiger partial charge in [0.25, 0.3) is 12.0 Å². The van der Waals surface area contributed by atoms with Gasteiger partial charge in [0, 0.05) is 62.1 Å². The summed E-state index contributed by atoms with van der Waals surface area (Å²) in [6.07, 6.45) is 0.267. The zero-order chi connectivity index (χ0) is 48.6. The number of benzene rings is 8. The molecule has 0 aliphatic carbocycles. The van der Waals surface area contributed by atoms with Crippen LogP contribution in [0.3, 0.4) is 0 Å². The van der Waals surface area contributed by atoms with Gasteiger partial charge in [0.15, 0.2) is 11.2 Å². The number of hydrogen-bond donors (Lipinski definition) is 0. The summed E-state index contributed by atoms with van der Waals surface area (Å²) in [5.74, 6) is 0. The molecule has 0 N–H and O–H groups in total. The lowest BCUT2D eigenvalue weighted by Gasteiger charge is -2.33. The number of anilines is 2. The second kappa shape index (κ2) is 21.4. The minimum atomic E-state index is -0.286. The van der Waals surface area contributed by atoms with Crippen LogP contribution in [0.4, 0.5) is 21.6 Å². The zero-order valence-corrected chi connectivity index (χ0v) is 40.5. The first-order valence-electron chi connectivity index (χ1n) is 24.3. The highest BCUT2D eigenvalue weighted by Gasteiger charge is 2.27. The van der Waals surface area contributed by atoms with Crippen molar-refractivity contribution in [3.63, 3.8) is 0 Å². The molecule has 0 radical (unpaired) electrons. The van der Waals surface area contributed by atoms with Gasteiger partial charge in [-0.25, -0.2) is 9.59 Å². The molecule has 0 unspecified atom stereocenters. The van der Waals surface area contributed by atoms with E-state index >= 15 is 0 Å². The molecule has 0 saturated carbocycles. The maximum Gasteiger partial charge on any atom is 0.410 e. The van der Waals surface area contributed by atoms with Gasteiger partial charge in [-0.2, -0.15) is 9.97 Å². The number of fused-ring (bicyclic) bond motifs is 4. The summed E-state index contributed by atoms with van der Waals surface area (Å²) in [5, 5.41) is 5.01. The summed E-state index contributed by atoms with van der Waals surface area (Å²) in [4.78, 5) is 44.4. The highest BCUT2D eigenvalue weighted by atomic mass is 32.2. The third-order valence-corrected chi connectivity index (χ3v) is 14.1. The standard InChI is InChI=1S/C30H27N3O3.C29H25N3O3S/c34-30(35-21-22-7-2-1-3-8-22)33-17-15-32(16-18-33)29-31-27-20-23(13-14-28(27)36-29)19-25-11-6-10-24-9-4-5-12-26(24)25;33-29(34-20-21-7-2-1-3-8-21)32-17-15-31(16-18-32)28-30-25-19-23(13-14-26(25)35-28)36-27-12-6-10-22-9-4-5-11-24(22)27/h1-14,20H,15-19,21H2;1-14,19H,15-18,20H2. The van der Waals surface area contributed by atoms with Crippen LogP contribution in [0.15, 0.2) is 201 Å². The van der Waals surface area contributed by atoms with Crippen LogP contribution in [0.1, 0.15) is 22.3 Å². The largest absolute Gasteiger partial charge is 0.445 e. The Morgan fingerprint density at radius 2 is 0.958 bits per heavy atom. The van der Waals surface area contributed by atoms with E-state index < -0.39 is 0 Å². The minimum Gasteiger partial charge on any atom is -0.445 e. The Morgan fingerprint density at radius 3 is 1.56 bits per heavy atom. The minimum absolute atomic E-state index is 0.282. The molecule has 8 aromatic carbocycles. The van der Waals surface area contributed by atoms with Crippen LogP contribution >= 0.6 is 11.8 Å². The molecule has 2 amide bonds. The first-order chi connectivity index (χ1) is 35.5. The van der Waals surface area contributed by atoms with Crippen molar-refractivity contribution in [2.75, 3.05) is 62.2 Å². The molecule has 10 aromatic rings. The van der Waals surface area contributed by atoms with E-state index in [-0.39, 0.29) is 25.4 Å². The summed E-state index contributed by atoms with van der Waals surface area (Å²) in [6, 6.07) is 62.7. The highest BCUT2D eigenvalue weighted by Crippen LogP contribution is 2.36. The summed E-state index contributed by atoms with van der Waals surface area (Å²) >= 11 is 1.73. The molecule has 0 atom stereocenters. The first-order valence-corrected chi connectivity index (χ1v) is 25.1. The van der Waals surface area contributed by atoms with Crippen molar-refractivity contribution in [2.24, 2.45) is 0 Å². The fourth-order valence-electron chi connectivity index (χ4n) is 9.16. The molecule has 0 spiro atoms. The van der Waals surface area contributed by atoms with E-state index in [1.165, 1.54) is 37.6 Å². The van der Waals surface area contributed by atoms with Gasteiger partial charge in [-0.1, -0.05) is 157 Å². The van der Waals surface area contributed by atoms with Crippen molar-refractivity contribution < 1.29 is 27.9 Å². The lowest BCUT2D eigenvalue weighted by Crippen LogP contribution is -2.49. The summed E-state index contributed by atoms with van der Waals surface area (Å²) < 4.78 is 23.1. The Kier molecular flexibility index (Phi) is 13.7. The van der Waals surface area contributed by atoms with E-state index in [0.717, 1.165) is 44.6 Å². The third kappa shape index (κ3) is 10.7. The first kappa shape index (κ1) is 46.1. The van der Waals surface area contributed by atoms with Crippen molar-refractivity contribution in [1.82, 2.24) is 19.8 Å². The van der Waals surface area contributed by atoms with Crippen LogP contribution in [-0.2, 0) is 29.1 Å². The number of aromatic nitrogens is 2. The maximum atomic E-state index is 12.5. The van der Waals surface area contributed by atoms with Crippen molar-refractivity contribution >= 4 is 79.7 Å². The maximum absolute atomic E-state index is 12.5. The molecular weight excluding hydrogens is 921 g/mol. The average Bonchev–Trinajstić information content (AvgIpc) is 4.07. The summed E-state index contributed by atoms with van der Waals surface area (Å²) in [6.45, 7) is 5.42. The van der Waals surface area contributed by atoms with Crippen molar-refractivity contribution in [2.45, 2.75) is 29.4 Å². The predicted octanol–water partition coefficient (Wildman–Crippen LogP) is 12.6. The number of oxazole rings is 2. The van der Waals surface area contributed by atoms with Crippen LogP contribution in [0.25, 0.3) is 43.7 Å². The molecule has 12 rings (SSSR count). The smallest absolute Gasteiger partial charge is 0.410 e. The second-order valence-corrected chi connectivity index (χ2v) is 19.0. The molecule has 12 nitrogen and oxygen atoms in total. The van der Waals surface area contributed by atoms with Crippen molar-refractivity contribution in [1.29, 1.82) is 0 Å². The second-order valence-electron chi connectivity index (χ2n) is 17.8. The van der Waals surface area contributed by atoms with Crippen LogP contribution in [0, 0.1) is 0 Å². The highest BCUT2D eigenvalue weighted by molar-refractivity contribution is 7.99. The van der Waals surface area contributed by atoms with E-state index in [4.69, 9.17) is 28.3 Å². The SMILES string of the molecule is O=C(OCc1ccccc1)N1CCN(c2nc3cc(Cc4cccc5ccccc45)ccc3o2)CC1.O=C(OCc1ccccc1)N1CCN(c2nc3cc(Sc4cccc5ccccc45)ccc3o2)CC1. The van der Waals surface area contributed by atoms with E-state index in [1.807, 2.05) is 72.8 Å². The van der Waals surface area contributed by atoms with E-state index in [2.05, 4.69) is 119 Å². The molecule has 4 heterocycles. The lowest BCUT2D eigenvalue weighted by atomic mass is 9.98. The van der Waals surface area contributed by atoms with Gasteiger partial charge in [-0.05, 0) is 86.6 Å². The van der Waals surface area contributed by atoms with Crippen molar-refractivity contribution in [3.8, 4) is 0 Å². The van der Waals surface area contributed by atoms with E-state index in [9.17, 15) is 9.59 Å². The van der Waals surface area contributed by atoms with Gasteiger partial charge in [-0.3, -0.25) is 0 Å². The Bertz CT molecular complexity index is 3240. The number of hydrogen-bond acceptors (Lipinski definition) is 11. The predicted molar refractivity (Wildman–Crippen MR) is 284 cm³/mol. The number of nitrogens with zero attached hydrogens (tertiary/aromatic N) is 6. The fourth-order valence-corrected chi connectivity index (χ4v) is 10.2. The molecule has 2 fully saturated rings. The number of rotatable bonds is 10. The Labute approximate surface area is 421 Å². The van der Waals surface area contributed by atoms with Crippen LogP contribution in [-0.4, -0.2) is 84.3 Å². The Hall–Kier alpha value is -8.29. The quantitative estimate of drug-likeness (QED) is 0.130. The molecule has 0 bridgehead atoms.